The van der Waals surface area contributed by atoms with E-state index in [4.69, 9.17) is 0 Å². The van der Waals surface area contributed by atoms with E-state index in [0.717, 1.165) is 24.3 Å². The van der Waals surface area contributed by atoms with Gasteiger partial charge in [-0.1, -0.05) is 35.9 Å². The highest BCUT2D eigenvalue weighted by molar-refractivity contribution is 14.1. The van der Waals surface area contributed by atoms with Crippen molar-refractivity contribution in [2.45, 2.75) is 32.6 Å². The summed E-state index contributed by atoms with van der Waals surface area (Å²) in [6.45, 7) is 2.91. The largest absolute Gasteiger partial charge is 0.351 e. The molecule has 1 aromatic rings. The molecule has 0 fully saturated rings. The van der Waals surface area contributed by atoms with Gasteiger partial charge in [0, 0.05) is 11.4 Å². The van der Waals surface area contributed by atoms with Crippen LogP contribution in [0, 0.1) is 0 Å². The molecule has 2 nitrogen and oxygen atoms in total. The summed E-state index contributed by atoms with van der Waals surface area (Å²) < 4.78 is 1.20. The van der Waals surface area contributed by atoms with Crippen molar-refractivity contribution >= 4 is 39.8 Å². The number of carbonyl (C=O) groups excluding carboxylic acids is 1. The van der Waals surface area contributed by atoms with Crippen molar-refractivity contribution < 1.29 is 4.79 Å². The molecule has 1 heterocycles. The Morgan fingerprint density at radius 1 is 1.38 bits per heavy atom. The SMILES string of the molecule is CCc1ccc(C(=O)NCCCCCI)s1. The average molecular weight is 351 g/mol. The lowest BCUT2D eigenvalue weighted by atomic mass is 10.2. The van der Waals surface area contributed by atoms with Gasteiger partial charge in [0.15, 0.2) is 0 Å². The first kappa shape index (κ1) is 14.0. The fourth-order valence-electron chi connectivity index (χ4n) is 1.38. The molecule has 0 radical (unpaired) electrons. The lowest BCUT2D eigenvalue weighted by molar-refractivity contribution is 0.0957. The van der Waals surface area contributed by atoms with Gasteiger partial charge in [-0.05, 0) is 35.8 Å². The number of hydrogen-bond donors (Lipinski definition) is 1. The molecule has 0 bridgehead atoms. The third kappa shape index (κ3) is 4.82. The number of alkyl halides is 1. The van der Waals surface area contributed by atoms with Crippen molar-refractivity contribution in [3.63, 3.8) is 0 Å². The molecule has 0 spiro atoms. The van der Waals surface area contributed by atoms with Crippen LogP contribution in [0.1, 0.15) is 40.7 Å². The maximum Gasteiger partial charge on any atom is 0.261 e. The van der Waals surface area contributed by atoms with Crippen LogP contribution in [0.5, 0.6) is 0 Å². The molecule has 90 valence electrons. The van der Waals surface area contributed by atoms with Crippen molar-refractivity contribution in [3.8, 4) is 0 Å². The van der Waals surface area contributed by atoms with E-state index in [2.05, 4.69) is 34.8 Å². The summed E-state index contributed by atoms with van der Waals surface area (Å²) in [6.07, 6.45) is 4.54. The Labute approximate surface area is 115 Å². The highest BCUT2D eigenvalue weighted by Crippen LogP contribution is 2.16. The van der Waals surface area contributed by atoms with E-state index < -0.39 is 0 Å². The van der Waals surface area contributed by atoms with Crippen molar-refractivity contribution in [2.24, 2.45) is 0 Å². The predicted octanol–water partition coefficient (Wildman–Crippen LogP) is 3.65. The van der Waals surface area contributed by atoms with Crippen LogP contribution in [-0.2, 0) is 6.42 Å². The van der Waals surface area contributed by atoms with Crippen molar-refractivity contribution in [3.05, 3.63) is 21.9 Å². The molecule has 0 aromatic carbocycles. The van der Waals surface area contributed by atoms with Crippen LogP contribution in [0.25, 0.3) is 0 Å². The molecule has 0 aliphatic heterocycles. The van der Waals surface area contributed by atoms with Crippen molar-refractivity contribution in [1.82, 2.24) is 5.32 Å². The average Bonchev–Trinajstić information content (AvgIpc) is 2.77. The lowest BCUT2D eigenvalue weighted by Crippen LogP contribution is -2.23. The second kappa shape index (κ2) is 8.06. The van der Waals surface area contributed by atoms with E-state index in [1.54, 1.807) is 11.3 Å². The van der Waals surface area contributed by atoms with E-state index in [1.165, 1.54) is 22.1 Å². The Balaban J connectivity index is 2.24. The van der Waals surface area contributed by atoms with Crippen LogP contribution in [0.3, 0.4) is 0 Å². The zero-order chi connectivity index (χ0) is 11.8. The number of rotatable bonds is 7. The molecule has 1 N–H and O–H groups in total. The third-order valence-corrected chi connectivity index (χ3v) is 4.32. The molecule has 4 heteroatoms. The third-order valence-electron chi connectivity index (χ3n) is 2.33. The number of thiophene rings is 1. The number of nitrogens with one attached hydrogen (secondary N) is 1. The smallest absolute Gasteiger partial charge is 0.261 e. The number of aryl methyl sites for hydroxylation is 1. The van der Waals surface area contributed by atoms with Crippen LogP contribution in [0.4, 0.5) is 0 Å². The number of amides is 1. The van der Waals surface area contributed by atoms with Crippen LogP contribution in [0.2, 0.25) is 0 Å². The Morgan fingerprint density at radius 2 is 2.19 bits per heavy atom. The highest BCUT2D eigenvalue weighted by atomic mass is 127. The first-order valence-corrected chi connectivity index (χ1v) is 8.05. The molecule has 0 aliphatic rings. The van der Waals surface area contributed by atoms with E-state index in [9.17, 15) is 4.79 Å². The Hall–Kier alpha value is -0.100. The monoisotopic (exact) mass is 351 g/mol. The van der Waals surface area contributed by atoms with E-state index in [1.807, 2.05) is 12.1 Å². The standard InChI is InChI=1S/C12H18INOS/c1-2-10-6-7-11(16-10)12(15)14-9-5-3-4-8-13/h6-7H,2-5,8-9H2,1H3,(H,14,15). The van der Waals surface area contributed by atoms with Gasteiger partial charge in [0.2, 0.25) is 0 Å². The molecule has 1 aromatic heterocycles. The first-order valence-electron chi connectivity index (χ1n) is 5.70. The topological polar surface area (TPSA) is 29.1 Å². The normalized spacial score (nSPS) is 10.4. The lowest BCUT2D eigenvalue weighted by Gasteiger charge is -2.02. The second-order valence-electron chi connectivity index (χ2n) is 3.63. The van der Waals surface area contributed by atoms with Gasteiger partial charge in [-0.3, -0.25) is 4.79 Å². The summed E-state index contributed by atoms with van der Waals surface area (Å²) in [5.74, 6) is 0.0826. The molecule has 1 amide bonds. The summed E-state index contributed by atoms with van der Waals surface area (Å²) in [5.41, 5.74) is 0. The molecular weight excluding hydrogens is 333 g/mol. The summed E-state index contributed by atoms with van der Waals surface area (Å²) in [4.78, 5) is 13.8. The number of unbranched alkanes of at least 4 members (excludes halogenated alkanes) is 2. The van der Waals surface area contributed by atoms with Gasteiger partial charge in [-0.25, -0.2) is 0 Å². The van der Waals surface area contributed by atoms with Gasteiger partial charge in [-0.15, -0.1) is 11.3 Å². The summed E-state index contributed by atoms with van der Waals surface area (Å²) >= 11 is 3.98. The molecule has 0 unspecified atom stereocenters. The van der Waals surface area contributed by atoms with Crippen LogP contribution in [-0.4, -0.2) is 16.9 Å². The number of carbonyl (C=O) groups is 1. The Bertz CT molecular complexity index is 325. The van der Waals surface area contributed by atoms with Crippen LogP contribution < -0.4 is 5.32 Å². The van der Waals surface area contributed by atoms with E-state index in [-0.39, 0.29) is 5.91 Å². The van der Waals surface area contributed by atoms with Crippen LogP contribution >= 0.6 is 33.9 Å². The quantitative estimate of drug-likeness (QED) is 0.454. The number of hydrogen-bond acceptors (Lipinski definition) is 2. The number of halogens is 1. The highest BCUT2D eigenvalue weighted by Gasteiger charge is 2.07. The molecule has 0 saturated carbocycles. The van der Waals surface area contributed by atoms with Gasteiger partial charge >= 0.3 is 0 Å². The summed E-state index contributed by atoms with van der Waals surface area (Å²) in [5, 5.41) is 2.96. The predicted molar refractivity (Wildman–Crippen MR) is 78.8 cm³/mol. The molecule has 0 aliphatic carbocycles. The van der Waals surface area contributed by atoms with Gasteiger partial charge < -0.3 is 5.32 Å². The van der Waals surface area contributed by atoms with Gasteiger partial charge in [-0.2, -0.15) is 0 Å². The second-order valence-corrected chi connectivity index (χ2v) is 5.87. The zero-order valence-electron chi connectivity index (χ0n) is 9.59. The first-order chi connectivity index (χ1) is 7.77. The van der Waals surface area contributed by atoms with E-state index >= 15 is 0 Å². The fourth-order valence-corrected chi connectivity index (χ4v) is 2.78. The van der Waals surface area contributed by atoms with Gasteiger partial charge in [0.25, 0.3) is 5.91 Å². The molecular formula is C12H18INOS. The maximum absolute atomic E-state index is 11.7. The molecule has 1 rings (SSSR count). The van der Waals surface area contributed by atoms with Crippen molar-refractivity contribution in [1.29, 1.82) is 0 Å². The van der Waals surface area contributed by atoms with Gasteiger partial charge in [0.1, 0.15) is 0 Å². The van der Waals surface area contributed by atoms with Crippen molar-refractivity contribution in [2.75, 3.05) is 11.0 Å². The molecule has 0 saturated heterocycles. The Morgan fingerprint density at radius 3 is 2.81 bits per heavy atom. The van der Waals surface area contributed by atoms with E-state index in [0.29, 0.717) is 0 Å². The molecule has 16 heavy (non-hydrogen) atoms. The summed E-state index contributed by atoms with van der Waals surface area (Å²) in [6, 6.07) is 3.96. The van der Waals surface area contributed by atoms with Crippen LogP contribution in [0.15, 0.2) is 12.1 Å². The minimum Gasteiger partial charge on any atom is -0.351 e. The minimum atomic E-state index is 0.0826. The maximum atomic E-state index is 11.7. The minimum absolute atomic E-state index is 0.0826. The fraction of sp³-hybridized carbons (Fsp3) is 0.583. The Kier molecular flexibility index (Phi) is 7.03. The zero-order valence-corrected chi connectivity index (χ0v) is 12.6. The summed E-state index contributed by atoms with van der Waals surface area (Å²) in [7, 11) is 0. The van der Waals surface area contributed by atoms with Gasteiger partial charge in [0.05, 0.1) is 4.88 Å². The molecule has 0 atom stereocenters.